The van der Waals surface area contributed by atoms with E-state index in [0.29, 0.717) is 31.0 Å². The molecule has 1 unspecified atom stereocenters. The summed E-state index contributed by atoms with van der Waals surface area (Å²) in [4.78, 5) is 14.4. The molecule has 4 nitrogen and oxygen atoms in total. The number of amides is 1. The van der Waals surface area contributed by atoms with E-state index in [1.54, 1.807) is 30.0 Å². The monoisotopic (exact) mass is 303 g/mol. The summed E-state index contributed by atoms with van der Waals surface area (Å²) in [6.07, 6.45) is -0.230. The molecule has 1 atom stereocenters. The molecule has 3 rings (SSSR count). The SMILES string of the molecule is Cc1cc(C(=O)N2CCOC(c3ccc(F)cc3)C2)c(C)o1. The van der Waals surface area contributed by atoms with E-state index in [2.05, 4.69) is 0 Å². The average Bonchev–Trinajstić information content (AvgIpc) is 2.86. The number of nitrogens with zero attached hydrogens (tertiary/aromatic N) is 1. The van der Waals surface area contributed by atoms with Crippen LogP contribution < -0.4 is 0 Å². The van der Waals surface area contributed by atoms with Crippen LogP contribution >= 0.6 is 0 Å². The molecule has 1 saturated heterocycles. The van der Waals surface area contributed by atoms with Crippen LogP contribution in [0.25, 0.3) is 0 Å². The first-order valence-electron chi connectivity index (χ1n) is 7.28. The van der Waals surface area contributed by atoms with Crippen molar-refractivity contribution in [2.75, 3.05) is 19.7 Å². The zero-order valence-corrected chi connectivity index (χ0v) is 12.6. The average molecular weight is 303 g/mol. The minimum absolute atomic E-state index is 0.0511. The molecule has 1 aliphatic heterocycles. The number of aryl methyl sites for hydroxylation is 2. The fraction of sp³-hybridized carbons (Fsp3) is 0.353. The van der Waals surface area contributed by atoms with Gasteiger partial charge in [0.15, 0.2) is 0 Å². The van der Waals surface area contributed by atoms with Crippen LogP contribution in [0.15, 0.2) is 34.7 Å². The molecule has 2 aromatic rings. The summed E-state index contributed by atoms with van der Waals surface area (Å²) in [7, 11) is 0. The first-order chi connectivity index (χ1) is 10.5. The number of rotatable bonds is 2. The third kappa shape index (κ3) is 2.90. The number of carbonyl (C=O) groups is 1. The Hall–Kier alpha value is -2.14. The standard InChI is InChI=1S/C17H18FNO3/c1-11-9-15(12(2)22-11)17(20)19-7-8-21-16(10-19)13-3-5-14(18)6-4-13/h3-6,9,16H,7-8,10H2,1-2H3. The summed E-state index contributed by atoms with van der Waals surface area (Å²) in [5.74, 6) is 1.03. The van der Waals surface area contributed by atoms with Crippen LogP contribution in [0.3, 0.4) is 0 Å². The highest BCUT2D eigenvalue weighted by molar-refractivity contribution is 5.95. The van der Waals surface area contributed by atoms with Crippen molar-refractivity contribution >= 4 is 5.91 Å². The second-order valence-electron chi connectivity index (χ2n) is 5.49. The lowest BCUT2D eigenvalue weighted by atomic mass is 10.1. The van der Waals surface area contributed by atoms with E-state index in [1.165, 1.54) is 12.1 Å². The van der Waals surface area contributed by atoms with Crippen molar-refractivity contribution < 1.29 is 18.3 Å². The summed E-state index contributed by atoms with van der Waals surface area (Å²) in [6, 6.07) is 7.97. The molecular formula is C17H18FNO3. The van der Waals surface area contributed by atoms with Crippen molar-refractivity contribution in [3.63, 3.8) is 0 Å². The van der Waals surface area contributed by atoms with Crippen LogP contribution in [0.1, 0.15) is 33.5 Å². The minimum Gasteiger partial charge on any atom is -0.466 e. The van der Waals surface area contributed by atoms with Gasteiger partial charge in [0.2, 0.25) is 0 Å². The third-order valence-electron chi connectivity index (χ3n) is 3.87. The largest absolute Gasteiger partial charge is 0.466 e. The highest BCUT2D eigenvalue weighted by atomic mass is 19.1. The number of furan rings is 1. The van der Waals surface area contributed by atoms with Crippen LogP contribution in [-0.4, -0.2) is 30.5 Å². The maximum absolute atomic E-state index is 13.0. The van der Waals surface area contributed by atoms with Crippen LogP contribution in [0, 0.1) is 19.7 Å². The number of carbonyl (C=O) groups excluding carboxylic acids is 1. The normalized spacial score (nSPS) is 18.5. The van der Waals surface area contributed by atoms with Crippen LogP contribution in [0.2, 0.25) is 0 Å². The predicted octanol–water partition coefficient (Wildman–Crippen LogP) is 3.25. The Bertz CT molecular complexity index is 678. The maximum atomic E-state index is 13.0. The second-order valence-corrected chi connectivity index (χ2v) is 5.49. The Morgan fingerprint density at radius 1 is 1.27 bits per heavy atom. The molecule has 0 aliphatic carbocycles. The lowest BCUT2D eigenvalue weighted by Gasteiger charge is -2.33. The van der Waals surface area contributed by atoms with E-state index in [1.807, 2.05) is 6.92 Å². The molecule has 116 valence electrons. The maximum Gasteiger partial charge on any atom is 0.257 e. The molecule has 5 heteroatoms. The van der Waals surface area contributed by atoms with Crippen molar-refractivity contribution in [2.45, 2.75) is 20.0 Å². The zero-order valence-electron chi connectivity index (χ0n) is 12.6. The zero-order chi connectivity index (χ0) is 15.7. The lowest BCUT2D eigenvalue weighted by Crippen LogP contribution is -2.42. The molecule has 1 aromatic carbocycles. The Morgan fingerprint density at radius 2 is 2.00 bits per heavy atom. The molecule has 0 spiro atoms. The molecule has 1 aromatic heterocycles. The summed E-state index contributed by atoms with van der Waals surface area (Å²) in [5.41, 5.74) is 1.47. The van der Waals surface area contributed by atoms with Gasteiger partial charge in [-0.2, -0.15) is 0 Å². The van der Waals surface area contributed by atoms with E-state index in [4.69, 9.17) is 9.15 Å². The molecular weight excluding hydrogens is 285 g/mol. The van der Waals surface area contributed by atoms with E-state index in [-0.39, 0.29) is 17.8 Å². The topological polar surface area (TPSA) is 42.7 Å². The Morgan fingerprint density at radius 3 is 2.64 bits per heavy atom. The van der Waals surface area contributed by atoms with Crippen LogP contribution in [0.5, 0.6) is 0 Å². The molecule has 22 heavy (non-hydrogen) atoms. The number of hydrogen-bond acceptors (Lipinski definition) is 3. The van der Waals surface area contributed by atoms with Crippen molar-refractivity contribution in [1.29, 1.82) is 0 Å². The molecule has 0 N–H and O–H groups in total. The van der Waals surface area contributed by atoms with Crippen molar-refractivity contribution in [3.8, 4) is 0 Å². The molecule has 0 saturated carbocycles. The molecule has 0 bridgehead atoms. The first kappa shape index (κ1) is 14.8. The smallest absolute Gasteiger partial charge is 0.257 e. The number of halogens is 1. The van der Waals surface area contributed by atoms with Crippen molar-refractivity contribution in [3.05, 3.63) is 58.8 Å². The second kappa shape index (κ2) is 5.93. The van der Waals surface area contributed by atoms with Crippen molar-refractivity contribution in [1.82, 2.24) is 4.90 Å². The summed E-state index contributed by atoms with van der Waals surface area (Å²) >= 11 is 0. The van der Waals surface area contributed by atoms with E-state index >= 15 is 0 Å². The van der Waals surface area contributed by atoms with Gasteiger partial charge in [-0.3, -0.25) is 4.79 Å². The third-order valence-corrected chi connectivity index (χ3v) is 3.87. The van der Waals surface area contributed by atoms with E-state index in [0.717, 1.165) is 11.3 Å². The number of hydrogen-bond donors (Lipinski definition) is 0. The van der Waals surface area contributed by atoms with Gasteiger partial charge in [-0.1, -0.05) is 12.1 Å². The summed E-state index contributed by atoms with van der Waals surface area (Å²) < 4.78 is 24.2. The number of ether oxygens (including phenoxy) is 1. The van der Waals surface area contributed by atoms with Gasteiger partial charge < -0.3 is 14.1 Å². The molecule has 1 fully saturated rings. The number of morpholine rings is 1. The molecule has 1 aliphatic rings. The van der Waals surface area contributed by atoms with Gasteiger partial charge in [0.05, 0.1) is 18.7 Å². The van der Waals surface area contributed by atoms with E-state index in [9.17, 15) is 9.18 Å². The molecule has 1 amide bonds. The van der Waals surface area contributed by atoms with Gasteiger partial charge in [-0.15, -0.1) is 0 Å². The summed E-state index contributed by atoms with van der Waals surface area (Å²) in [5, 5.41) is 0. The Labute approximate surface area is 128 Å². The molecule has 0 radical (unpaired) electrons. The Kier molecular flexibility index (Phi) is 3.98. The fourth-order valence-electron chi connectivity index (χ4n) is 2.73. The van der Waals surface area contributed by atoms with Gasteiger partial charge in [0.25, 0.3) is 5.91 Å². The predicted molar refractivity (Wildman–Crippen MR) is 79.2 cm³/mol. The fourth-order valence-corrected chi connectivity index (χ4v) is 2.73. The highest BCUT2D eigenvalue weighted by Crippen LogP contribution is 2.25. The quantitative estimate of drug-likeness (QED) is 0.855. The van der Waals surface area contributed by atoms with Crippen LogP contribution in [0.4, 0.5) is 4.39 Å². The van der Waals surface area contributed by atoms with Gasteiger partial charge in [0, 0.05) is 6.54 Å². The van der Waals surface area contributed by atoms with Gasteiger partial charge in [0.1, 0.15) is 23.4 Å². The molecule has 2 heterocycles. The highest BCUT2D eigenvalue weighted by Gasteiger charge is 2.28. The van der Waals surface area contributed by atoms with E-state index < -0.39 is 0 Å². The summed E-state index contributed by atoms with van der Waals surface area (Å²) in [6.45, 7) is 5.07. The van der Waals surface area contributed by atoms with Crippen molar-refractivity contribution in [2.24, 2.45) is 0 Å². The van der Waals surface area contributed by atoms with Crippen LogP contribution in [-0.2, 0) is 4.74 Å². The van der Waals surface area contributed by atoms with Gasteiger partial charge in [-0.05, 0) is 37.6 Å². The van der Waals surface area contributed by atoms with Gasteiger partial charge in [-0.25, -0.2) is 4.39 Å². The Balaban J connectivity index is 1.76. The number of benzene rings is 1. The lowest BCUT2D eigenvalue weighted by molar-refractivity contribution is -0.0229. The minimum atomic E-state index is -0.281. The first-order valence-corrected chi connectivity index (χ1v) is 7.28. The van der Waals surface area contributed by atoms with Gasteiger partial charge >= 0.3 is 0 Å².